The third-order valence-electron chi connectivity index (χ3n) is 4.79. The van der Waals surface area contributed by atoms with Gasteiger partial charge in [0.1, 0.15) is 16.4 Å². The predicted molar refractivity (Wildman–Crippen MR) is 95.8 cm³/mol. The van der Waals surface area contributed by atoms with Gasteiger partial charge in [0.2, 0.25) is 0 Å². The molecule has 132 valence electrons. The molecule has 0 unspecified atom stereocenters. The minimum absolute atomic E-state index is 0.208. The average Bonchev–Trinajstić information content (AvgIpc) is 3.29. The van der Waals surface area contributed by atoms with E-state index < -0.39 is 0 Å². The number of ether oxygens (including phenoxy) is 2. The molecule has 2 aliphatic rings. The molecule has 0 radical (unpaired) electrons. The summed E-state index contributed by atoms with van der Waals surface area (Å²) in [5, 5.41) is 0.995. The van der Waals surface area contributed by atoms with E-state index in [1.807, 2.05) is 30.5 Å². The molecule has 25 heavy (non-hydrogen) atoms. The minimum atomic E-state index is -0.327. The summed E-state index contributed by atoms with van der Waals surface area (Å²) in [6.45, 7) is 3.24. The lowest BCUT2D eigenvalue weighted by Gasteiger charge is -2.21. The molecule has 0 aliphatic carbocycles. The van der Waals surface area contributed by atoms with Crippen LogP contribution in [0.4, 0.5) is 4.79 Å². The highest BCUT2D eigenvalue weighted by atomic mass is 32.1. The lowest BCUT2D eigenvalue weighted by atomic mass is 10.0. The normalized spacial score (nSPS) is 23.4. The van der Waals surface area contributed by atoms with Crippen LogP contribution in [0.15, 0.2) is 30.5 Å². The molecule has 2 saturated heterocycles. The van der Waals surface area contributed by atoms with E-state index >= 15 is 0 Å². The summed E-state index contributed by atoms with van der Waals surface area (Å²) in [5.74, 6) is 0.836. The first-order valence-electron chi connectivity index (χ1n) is 8.32. The number of aromatic nitrogens is 1. The van der Waals surface area contributed by atoms with Crippen LogP contribution < -0.4 is 4.74 Å². The Morgan fingerprint density at radius 3 is 3.04 bits per heavy atom. The van der Waals surface area contributed by atoms with E-state index in [0.29, 0.717) is 6.54 Å². The standard InChI is InChI=1S/C18H21N3O3S/c1-20-11-18(24-17(20)22)6-7-21(12-18)10-15-9-19-16(25-15)13-4-3-5-14(8-13)23-2/h3-5,8-9H,6-7,10-12H2,1-2H3/t18-/m0/s1. The van der Waals surface area contributed by atoms with E-state index in [-0.39, 0.29) is 11.7 Å². The van der Waals surface area contributed by atoms with Crippen LogP contribution in [-0.4, -0.2) is 60.3 Å². The zero-order valence-electron chi connectivity index (χ0n) is 14.4. The monoisotopic (exact) mass is 359 g/mol. The van der Waals surface area contributed by atoms with Gasteiger partial charge in [-0.2, -0.15) is 0 Å². The summed E-state index contributed by atoms with van der Waals surface area (Å²) >= 11 is 1.70. The Balaban J connectivity index is 1.43. The van der Waals surface area contributed by atoms with Gasteiger partial charge in [-0.25, -0.2) is 9.78 Å². The van der Waals surface area contributed by atoms with Gasteiger partial charge in [-0.15, -0.1) is 11.3 Å². The fourth-order valence-electron chi connectivity index (χ4n) is 3.56. The van der Waals surface area contributed by atoms with Gasteiger partial charge in [0.25, 0.3) is 0 Å². The third kappa shape index (κ3) is 3.21. The van der Waals surface area contributed by atoms with Crippen LogP contribution in [0.3, 0.4) is 0 Å². The van der Waals surface area contributed by atoms with Gasteiger partial charge in [-0.3, -0.25) is 4.90 Å². The molecule has 1 aromatic carbocycles. The van der Waals surface area contributed by atoms with Gasteiger partial charge in [-0.05, 0) is 12.1 Å². The van der Waals surface area contributed by atoms with Gasteiger partial charge in [0.15, 0.2) is 0 Å². The van der Waals surface area contributed by atoms with Crippen molar-refractivity contribution in [3.8, 4) is 16.3 Å². The van der Waals surface area contributed by atoms with Gasteiger partial charge in [0, 0.05) is 49.7 Å². The van der Waals surface area contributed by atoms with Crippen molar-refractivity contribution < 1.29 is 14.3 Å². The van der Waals surface area contributed by atoms with Gasteiger partial charge in [0.05, 0.1) is 13.7 Å². The number of thiazole rings is 1. The Labute approximate surface area is 151 Å². The Morgan fingerprint density at radius 2 is 2.28 bits per heavy atom. The van der Waals surface area contributed by atoms with E-state index in [9.17, 15) is 4.79 Å². The van der Waals surface area contributed by atoms with E-state index in [0.717, 1.165) is 42.4 Å². The Bertz CT molecular complexity index is 793. The highest BCUT2D eigenvalue weighted by molar-refractivity contribution is 7.15. The van der Waals surface area contributed by atoms with E-state index in [2.05, 4.69) is 9.88 Å². The van der Waals surface area contributed by atoms with E-state index in [1.54, 1.807) is 30.4 Å². The largest absolute Gasteiger partial charge is 0.497 e. The lowest BCUT2D eigenvalue weighted by molar-refractivity contribution is 0.0628. The number of nitrogens with zero attached hydrogens (tertiary/aromatic N) is 3. The first-order chi connectivity index (χ1) is 12.1. The summed E-state index contributed by atoms with van der Waals surface area (Å²) in [5.41, 5.74) is 0.742. The molecule has 2 fully saturated rings. The van der Waals surface area contributed by atoms with Gasteiger partial charge in [-0.1, -0.05) is 12.1 Å². The molecule has 4 rings (SSSR count). The van der Waals surface area contributed by atoms with Crippen molar-refractivity contribution in [3.63, 3.8) is 0 Å². The second kappa shape index (κ2) is 6.31. The fourth-order valence-corrected chi connectivity index (χ4v) is 4.51. The number of carbonyl (C=O) groups is 1. The maximum absolute atomic E-state index is 11.7. The average molecular weight is 359 g/mol. The topological polar surface area (TPSA) is 54.9 Å². The Morgan fingerprint density at radius 1 is 1.40 bits per heavy atom. The third-order valence-corrected chi connectivity index (χ3v) is 5.82. The predicted octanol–water partition coefficient (Wildman–Crippen LogP) is 2.85. The molecule has 0 saturated carbocycles. The van der Waals surface area contributed by atoms with Crippen molar-refractivity contribution in [2.24, 2.45) is 0 Å². The van der Waals surface area contributed by atoms with Gasteiger partial charge >= 0.3 is 6.09 Å². The quantitative estimate of drug-likeness (QED) is 0.840. The maximum atomic E-state index is 11.7. The molecule has 1 atom stereocenters. The second-order valence-corrected chi connectivity index (χ2v) is 7.85. The smallest absolute Gasteiger partial charge is 0.410 e. The van der Waals surface area contributed by atoms with Crippen molar-refractivity contribution in [2.45, 2.75) is 18.6 Å². The molecule has 6 nitrogen and oxygen atoms in total. The Kier molecular flexibility index (Phi) is 4.13. The number of methoxy groups -OCH3 is 1. The number of benzene rings is 1. The number of likely N-dealkylation sites (N-methyl/N-ethyl adjacent to an activating group) is 1. The molecule has 2 aromatic rings. The Hall–Kier alpha value is -2.12. The molecule has 3 heterocycles. The highest BCUT2D eigenvalue weighted by Crippen LogP contribution is 2.34. The lowest BCUT2D eigenvalue weighted by Crippen LogP contribution is -2.36. The minimum Gasteiger partial charge on any atom is -0.497 e. The molecule has 1 amide bonds. The van der Waals surface area contributed by atoms with E-state index in [1.165, 1.54) is 4.88 Å². The van der Waals surface area contributed by atoms with Crippen molar-refractivity contribution in [3.05, 3.63) is 35.3 Å². The number of carbonyl (C=O) groups excluding carboxylic acids is 1. The molecule has 0 bridgehead atoms. The van der Waals surface area contributed by atoms with Crippen LogP contribution in [0.5, 0.6) is 5.75 Å². The van der Waals surface area contributed by atoms with Crippen LogP contribution in [0.1, 0.15) is 11.3 Å². The van der Waals surface area contributed by atoms with Crippen LogP contribution >= 0.6 is 11.3 Å². The molecular weight excluding hydrogens is 338 g/mol. The van der Waals surface area contributed by atoms with Crippen LogP contribution in [0, 0.1) is 0 Å². The number of hydrogen-bond acceptors (Lipinski definition) is 6. The zero-order chi connectivity index (χ0) is 17.4. The summed E-state index contributed by atoms with van der Waals surface area (Å²) in [4.78, 5) is 21.5. The molecule has 2 aliphatic heterocycles. The van der Waals surface area contributed by atoms with E-state index in [4.69, 9.17) is 9.47 Å². The molecule has 1 spiro atoms. The van der Waals surface area contributed by atoms with Crippen LogP contribution in [-0.2, 0) is 11.3 Å². The second-order valence-electron chi connectivity index (χ2n) is 6.73. The van der Waals surface area contributed by atoms with Crippen molar-refractivity contribution >= 4 is 17.4 Å². The number of likely N-dealkylation sites (tertiary alicyclic amines) is 1. The van der Waals surface area contributed by atoms with Crippen molar-refractivity contribution in [2.75, 3.05) is 33.8 Å². The molecular formula is C18H21N3O3S. The number of hydrogen-bond donors (Lipinski definition) is 0. The van der Waals surface area contributed by atoms with Crippen molar-refractivity contribution in [1.82, 2.24) is 14.8 Å². The fraction of sp³-hybridized carbons (Fsp3) is 0.444. The van der Waals surface area contributed by atoms with Crippen LogP contribution in [0.2, 0.25) is 0 Å². The van der Waals surface area contributed by atoms with Gasteiger partial charge < -0.3 is 14.4 Å². The maximum Gasteiger partial charge on any atom is 0.410 e. The SMILES string of the molecule is COc1cccc(-c2ncc(CN3CC[C@@]4(C3)CN(C)C(=O)O4)s2)c1. The molecule has 7 heteroatoms. The van der Waals surface area contributed by atoms with Crippen LogP contribution in [0.25, 0.3) is 10.6 Å². The number of rotatable bonds is 4. The van der Waals surface area contributed by atoms with Crippen molar-refractivity contribution in [1.29, 1.82) is 0 Å². The summed E-state index contributed by atoms with van der Waals surface area (Å²) < 4.78 is 10.9. The molecule has 1 aromatic heterocycles. The first kappa shape index (κ1) is 16.4. The molecule has 0 N–H and O–H groups in total. The summed E-state index contributed by atoms with van der Waals surface area (Å²) in [6, 6.07) is 7.96. The number of amides is 1. The first-order valence-corrected chi connectivity index (χ1v) is 9.14. The summed E-state index contributed by atoms with van der Waals surface area (Å²) in [7, 11) is 3.46. The zero-order valence-corrected chi connectivity index (χ0v) is 15.2. The highest BCUT2D eigenvalue weighted by Gasteiger charge is 2.48. The summed E-state index contributed by atoms with van der Waals surface area (Å²) in [6.07, 6.45) is 2.63.